The molecule has 2 aromatic carbocycles. The quantitative estimate of drug-likeness (QED) is 0.515. The summed E-state index contributed by atoms with van der Waals surface area (Å²) in [5.41, 5.74) is 4.89. The molecule has 36 heavy (non-hydrogen) atoms. The third-order valence-electron chi connectivity index (χ3n) is 5.84. The lowest BCUT2D eigenvalue weighted by molar-refractivity contribution is -0.142. The van der Waals surface area contributed by atoms with E-state index in [9.17, 15) is 19.2 Å². The van der Waals surface area contributed by atoms with Gasteiger partial charge in [-0.2, -0.15) is 0 Å². The Morgan fingerprint density at radius 2 is 1.58 bits per heavy atom. The summed E-state index contributed by atoms with van der Waals surface area (Å²) in [5, 5.41) is 3.97. The Morgan fingerprint density at radius 1 is 0.917 bits per heavy atom. The first-order valence-electron chi connectivity index (χ1n) is 11.6. The van der Waals surface area contributed by atoms with Crippen molar-refractivity contribution in [3.8, 4) is 0 Å². The number of carbonyl (C=O) groups is 4. The fraction of sp³-hybridized carbons (Fsp3) is 0.321. The molecule has 0 bridgehead atoms. The lowest BCUT2D eigenvalue weighted by Crippen LogP contribution is -2.24. The van der Waals surface area contributed by atoms with Gasteiger partial charge < -0.3 is 14.8 Å². The molecule has 4 rings (SSSR count). The third-order valence-corrected chi connectivity index (χ3v) is 5.84. The van der Waals surface area contributed by atoms with Crippen molar-refractivity contribution in [3.05, 3.63) is 70.9 Å². The number of hydrogen-bond acceptors (Lipinski definition) is 8. The molecule has 1 unspecified atom stereocenters. The van der Waals surface area contributed by atoms with Crippen molar-refractivity contribution in [1.29, 1.82) is 0 Å². The van der Waals surface area contributed by atoms with E-state index in [2.05, 4.69) is 10.3 Å². The monoisotopic (exact) mass is 490 g/mol. The van der Waals surface area contributed by atoms with Gasteiger partial charge in [0.05, 0.1) is 31.2 Å². The lowest BCUT2D eigenvalue weighted by atomic mass is 9.89. The van der Waals surface area contributed by atoms with Crippen LogP contribution in [0.5, 0.6) is 0 Å². The Labute approximate surface area is 210 Å². The smallest absolute Gasteiger partial charge is 0.338 e. The van der Waals surface area contributed by atoms with Crippen LogP contribution in [0.1, 0.15) is 53.2 Å². The van der Waals surface area contributed by atoms with Crippen molar-refractivity contribution in [1.82, 2.24) is 4.98 Å². The molecule has 188 valence electrons. The van der Waals surface area contributed by atoms with Crippen LogP contribution in [-0.2, 0) is 36.7 Å². The number of nitrogens with zero attached hydrogens (tertiary/aromatic N) is 1. The van der Waals surface area contributed by atoms with E-state index in [4.69, 9.17) is 9.47 Å². The maximum absolute atomic E-state index is 11.7. The highest BCUT2D eigenvalue weighted by molar-refractivity contribution is 6.03. The molecule has 2 heterocycles. The summed E-state index contributed by atoms with van der Waals surface area (Å²) in [6.45, 7) is 3.86. The topological polar surface area (TPSA) is 112 Å². The van der Waals surface area contributed by atoms with E-state index in [0.717, 1.165) is 35.3 Å². The van der Waals surface area contributed by atoms with Crippen molar-refractivity contribution >= 4 is 40.1 Å². The Hall–Kier alpha value is -4.07. The third kappa shape index (κ3) is 6.53. The van der Waals surface area contributed by atoms with Gasteiger partial charge in [0.2, 0.25) is 0 Å². The van der Waals surface area contributed by atoms with E-state index >= 15 is 0 Å². The SMILES string of the molecule is COC(=O)C1CCNc2ccc(CC(C)=O)cc21.COC(=O)c1ccnc2ccc(CC(C)=O)cc12. The fourth-order valence-electron chi connectivity index (χ4n) is 4.23. The van der Waals surface area contributed by atoms with Gasteiger partial charge in [0.1, 0.15) is 11.6 Å². The zero-order valence-corrected chi connectivity index (χ0v) is 20.9. The molecule has 1 aromatic heterocycles. The first-order valence-corrected chi connectivity index (χ1v) is 11.6. The molecule has 0 fully saturated rings. The molecule has 8 nitrogen and oxygen atoms in total. The first-order chi connectivity index (χ1) is 17.2. The highest BCUT2D eigenvalue weighted by Gasteiger charge is 2.27. The van der Waals surface area contributed by atoms with Gasteiger partial charge >= 0.3 is 11.9 Å². The molecule has 0 radical (unpaired) electrons. The van der Waals surface area contributed by atoms with E-state index in [1.54, 1.807) is 25.3 Å². The Morgan fingerprint density at radius 3 is 2.22 bits per heavy atom. The minimum Gasteiger partial charge on any atom is -0.469 e. The maximum Gasteiger partial charge on any atom is 0.338 e. The number of ketones is 2. The van der Waals surface area contributed by atoms with Crippen molar-refractivity contribution in [2.24, 2.45) is 0 Å². The van der Waals surface area contributed by atoms with Crippen LogP contribution in [0.25, 0.3) is 10.9 Å². The van der Waals surface area contributed by atoms with E-state index in [-0.39, 0.29) is 23.5 Å². The average Bonchev–Trinajstić information content (AvgIpc) is 2.86. The van der Waals surface area contributed by atoms with E-state index in [0.29, 0.717) is 29.3 Å². The van der Waals surface area contributed by atoms with Crippen LogP contribution < -0.4 is 5.32 Å². The van der Waals surface area contributed by atoms with Crippen molar-refractivity contribution in [3.63, 3.8) is 0 Å². The summed E-state index contributed by atoms with van der Waals surface area (Å²) >= 11 is 0. The van der Waals surface area contributed by atoms with E-state index < -0.39 is 5.97 Å². The Kier molecular flexibility index (Phi) is 8.89. The predicted octanol–water partition coefficient (Wildman–Crippen LogP) is 4.04. The number of anilines is 1. The van der Waals surface area contributed by atoms with Crippen LogP contribution >= 0.6 is 0 Å². The number of fused-ring (bicyclic) bond motifs is 2. The summed E-state index contributed by atoms with van der Waals surface area (Å²) in [4.78, 5) is 49.8. The first kappa shape index (κ1) is 26.5. The standard InChI is InChI=1S/C14H17NO3.C14H13NO3/c2*1-9(16)7-10-3-4-13-12(8-10)11(5-6-15-13)14(17)18-2/h3-4,8,11,15H,5-7H2,1-2H3;3-6,8H,7H2,1-2H3. The maximum atomic E-state index is 11.7. The molecule has 0 saturated heterocycles. The second-order valence-corrected chi connectivity index (χ2v) is 8.67. The van der Waals surface area contributed by atoms with Crippen LogP contribution in [0.4, 0.5) is 5.69 Å². The highest BCUT2D eigenvalue weighted by atomic mass is 16.5. The van der Waals surface area contributed by atoms with Gasteiger partial charge in [-0.05, 0) is 61.2 Å². The summed E-state index contributed by atoms with van der Waals surface area (Å²) in [5.74, 6) is -0.635. The van der Waals surface area contributed by atoms with Gasteiger partial charge in [-0.15, -0.1) is 0 Å². The second kappa shape index (κ2) is 12.1. The van der Waals surface area contributed by atoms with Crippen LogP contribution in [0.2, 0.25) is 0 Å². The second-order valence-electron chi connectivity index (χ2n) is 8.67. The van der Waals surface area contributed by atoms with E-state index in [1.165, 1.54) is 21.1 Å². The largest absolute Gasteiger partial charge is 0.469 e. The average molecular weight is 491 g/mol. The molecule has 0 aliphatic carbocycles. The normalized spacial score (nSPS) is 13.9. The number of aromatic nitrogens is 1. The van der Waals surface area contributed by atoms with Gasteiger partial charge in [-0.25, -0.2) is 4.79 Å². The predicted molar refractivity (Wildman–Crippen MR) is 136 cm³/mol. The number of pyridine rings is 1. The van der Waals surface area contributed by atoms with Gasteiger partial charge in [-0.3, -0.25) is 19.4 Å². The van der Waals surface area contributed by atoms with Crippen LogP contribution in [0, 0.1) is 0 Å². The molecule has 1 aliphatic heterocycles. The van der Waals surface area contributed by atoms with Crippen molar-refractivity contribution in [2.75, 3.05) is 26.1 Å². The zero-order valence-electron chi connectivity index (χ0n) is 20.9. The minimum absolute atomic E-state index is 0.0814. The van der Waals surface area contributed by atoms with Gasteiger partial charge in [-0.1, -0.05) is 18.2 Å². The molecule has 0 amide bonds. The number of carbonyl (C=O) groups excluding carboxylic acids is 4. The van der Waals surface area contributed by atoms with Gasteiger partial charge in [0.15, 0.2) is 0 Å². The molecule has 1 N–H and O–H groups in total. The molecule has 0 saturated carbocycles. The van der Waals surface area contributed by atoms with Crippen LogP contribution in [0.3, 0.4) is 0 Å². The molecule has 1 aliphatic rings. The lowest BCUT2D eigenvalue weighted by Gasteiger charge is -2.25. The molecule has 0 spiro atoms. The van der Waals surface area contributed by atoms with E-state index in [1.807, 2.05) is 30.3 Å². The molecular weight excluding hydrogens is 460 g/mol. The van der Waals surface area contributed by atoms with Crippen molar-refractivity contribution < 1.29 is 28.7 Å². The van der Waals surface area contributed by atoms with Crippen LogP contribution in [-0.4, -0.2) is 49.3 Å². The number of rotatable bonds is 6. The summed E-state index contributed by atoms with van der Waals surface area (Å²) in [7, 11) is 2.75. The number of ether oxygens (including phenoxy) is 2. The van der Waals surface area contributed by atoms with Gasteiger partial charge in [0.25, 0.3) is 0 Å². The molecule has 8 heteroatoms. The Balaban J connectivity index is 0.000000201. The summed E-state index contributed by atoms with van der Waals surface area (Å²) in [6.07, 6.45) is 3.05. The zero-order chi connectivity index (χ0) is 26.2. The van der Waals surface area contributed by atoms with Gasteiger partial charge in [0, 0.05) is 36.7 Å². The number of methoxy groups -OCH3 is 2. The number of esters is 2. The summed E-state index contributed by atoms with van der Waals surface area (Å²) in [6, 6.07) is 12.9. The molecular formula is C28H30N2O6. The fourth-order valence-corrected chi connectivity index (χ4v) is 4.23. The number of nitrogens with one attached hydrogen (secondary N) is 1. The molecule has 1 atom stereocenters. The number of benzene rings is 2. The van der Waals surface area contributed by atoms with Crippen LogP contribution in [0.15, 0.2) is 48.7 Å². The minimum atomic E-state index is -0.401. The number of Topliss-reactive ketones (excluding diaryl/α,β-unsaturated/α-hetero) is 2. The molecule has 3 aromatic rings. The highest BCUT2D eigenvalue weighted by Crippen LogP contribution is 2.33. The Bertz CT molecular complexity index is 1300. The van der Waals surface area contributed by atoms with Crippen molar-refractivity contribution in [2.45, 2.75) is 39.0 Å². The number of hydrogen-bond donors (Lipinski definition) is 1. The summed E-state index contributed by atoms with van der Waals surface area (Å²) < 4.78 is 9.57.